The number of nitrogens with zero attached hydrogens (tertiary/aromatic N) is 1. The van der Waals surface area contributed by atoms with Crippen molar-refractivity contribution < 1.29 is 28.7 Å². The first-order valence-corrected chi connectivity index (χ1v) is 11.3. The van der Waals surface area contributed by atoms with Gasteiger partial charge in [0.25, 0.3) is 11.8 Å². The Kier molecular flexibility index (Phi) is 7.30. The van der Waals surface area contributed by atoms with Gasteiger partial charge in [-0.05, 0) is 66.7 Å². The molecule has 0 atom stereocenters. The summed E-state index contributed by atoms with van der Waals surface area (Å²) in [5.41, 5.74) is 0.975. The summed E-state index contributed by atoms with van der Waals surface area (Å²) in [6.45, 7) is 0. The summed E-state index contributed by atoms with van der Waals surface area (Å²) in [6.07, 6.45) is 0. The van der Waals surface area contributed by atoms with Crippen LogP contribution in [0, 0.1) is 0 Å². The first-order valence-electron chi connectivity index (χ1n) is 10.2. The van der Waals surface area contributed by atoms with Gasteiger partial charge in [0.1, 0.15) is 16.5 Å². The smallest absolute Gasteiger partial charge is 0.343 e. The first kappa shape index (κ1) is 25.2. The molecule has 0 saturated carbocycles. The van der Waals surface area contributed by atoms with Gasteiger partial charge in [-0.1, -0.05) is 34.8 Å². The van der Waals surface area contributed by atoms with E-state index in [2.05, 4.69) is 10.1 Å². The van der Waals surface area contributed by atoms with Crippen molar-refractivity contribution in [2.24, 2.45) is 0 Å². The molecule has 3 aromatic carbocycles. The number of anilines is 2. The van der Waals surface area contributed by atoms with Crippen LogP contribution >= 0.6 is 34.8 Å². The van der Waals surface area contributed by atoms with E-state index in [1.807, 2.05) is 0 Å². The molecule has 0 aromatic heterocycles. The number of methoxy groups -OCH3 is 1. The Morgan fingerprint density at radius 2 is 1.33 bits per heavy atom. The SMILES string of the molecule is COC(=O)c1ccc(OC(=O)c2ccc(NC3=C(Cl)C(=O)N(c4cc(Cl)cc(Cl)c4)C3=O)cc2)cc1. The standard InChI is InChI=1S/C25H15Cl3N2O6/c1-35-24(33)13-4-8-19(9-5-13)36-25(34)14-2-6-17(7-3-14)29-21-20(28)22(31)30(23(21)32)18-11-15(26)10-16(27)12-18/h2-12,29H,1H3. The molecule has 0 radical (unpaired) electrons. The maximum atomic E-state index is 12.9. The van der Waals surface area contributed by atoms with Crippen molar-refractivity contribution in [3.05, 3.63) is 98.6 Å². The second kappa shape index (κ2) is 10.4. The number of rotatable bonds is 6. The van der Waals surface area contributed by atoms with E-state index >= 15 is 0 Å². The summed E-state index contributed by atoms with van der Waals surface area (Å²) in [5.74, 6) is -2.33. The van der Waals surface area contributed by atoms with Gasteiger partial charge < -0.3 is 14.8 Å². The van der Waals surface area contributed by atoms with Gasteiger partial charge in [-0.3, -0.25) is 9.59 Å². The van der Waals surface area contributed by atoms with Gasteiger partial charge in [-0.15, -0.1) is 0 Å². The molecule has 0 bridgehead atoms. The lowest BCUT2D eigenvalue weighted by Crippen LogP contribution is -2.32. The Hall–Kier alpha value is -3.85. The third-order valence-electron chi connectivity index (χ3n) is 5.01. The highest BCUT2D eigenvalue weighted by Crippen LogP contribution is 2.33. The van der Waals surface area contributed by atoms with Crippen molar-refractivity contribution in [2.75, 3.05) is 17.3 Å². The molecule has 0 unspecified atom stereocenters. The van der Waals surface area contributed by atoms with Gasteiger partial charge in [0.05, 0.1) is 23.9 Å². The summed E-state index contributed by atoms with van der Waals surface area (Å²) in [6, 6.07) is 16.2. The number of hydrogen-bond donors (Lipinski definition) is 1. The number of carbonyl (C=O) groups excluding carboxylic acids is 4. The maximum Gasteiger partial charge on any atom is 0.343 e. The molecule has 1 aliphatic rings. The van der Waals surface area contributed by atoms with Crippen LogP contribution in [-0.2, 0) is 14.3 Å². The number of amides is 2. The lowest BCUT2D eigenvalue weighted by molar-refractivity contribution is -0.120. The fourth-order valence-electron chi connectivity index (χ4n) is 3.29. The second-order valence-corrected chi connectivity index (χ2v) is 8.62. The highest BCUT2D eigenvalue weighted by molar-refractivity contribution is 6.53. The second-order valence-electron chi connectivity index (χ2n) is 7.37. The van der Waals surface area contributed by atoms with E-state index < -0.39 is 23.8 Å². The zero-order chi connectivity index (χ0) is 26.0. The van der Waals surface area contributed by atoms with Crippen molar-refractivity contribution in [1.82, 2.24) is 0 Å². The van der Waals surface area contributed by atoms with Crippen molar-refractivity contribution >= 4 is 69.9 Å². The van der Waals surface area contributed by atoms with E-state index in [0.717, 1.165) is 4.90 Å². The number of nitrogens with one attached hydrogen (secondary N) is 1. The number of imide groups is 1. The summed E-state index contributed by atoms with van der Waals surface area (Å²) >= 11 is 18.1. The Morgan fingerprint density at radius 1 is 0.778 bits per heavy atom. The molecule has 2 amide bonds. The minimum Gasteiger partial charge on any atom is -0.465 e. The molecule has 0 saturated heterocycles. The number of benzene rings is 3. The molecule has 1 aliphatic heterocycles. The van der Waals surface area contributed by atoms with Gasteiger partial charge in [0, 0.05) is 15.7 Å². The van der Waals surface area contributed by atoms with Crippen LogP contribution < -0.4 is 15.0 Å². The molecule has 4 rings (SSSR count). The summed E-state index contributed by atoms with van der Waals surface area (Å²) < 4.78 is 9.93. The quantitative estimate of drug-likeness (QED) is 0.250. The largest absolute Gasteiger partial charge is 0.465 e. The highest BCUT2D eigenvalue weighted by Gasteiger charge is 2.39. The maximum absolute atomic E-state index is 12.9. The Morgan fingerprint density at radius 3 is 1.92 bits per heavy atom. The van der Waals surface area contributed by atoms with E-state index in [0.29, 0.717) is 11.3 Å². The van der Waals surface area contributed by atoms with Gasteiger partial charge in [0.15, 0.2) is 0 Å². The van der Waals surface area contributed by atoms with Crippen molar-refractivity contribution in [3.8, 4) is 5.75 Å². The number of halogens is 3. The monoisotopic (exact) mass is 544 g/mol. The molecule has 1 N–H and O–H groups in total. The van der Waals surface area contributed by atoms with E-state index in [4.69, 9.17) is 39.5 Å². The van der Waals surface area contributed by atoms with Crippen LogP contribution in [-0.4, -0.2) is 30.9 Å². The Labute approximate surface area is 219 Å². The van der Waals surface area contributed by atoms with Crippen molar-refractivity contribution in [2.45, 2.75) is 0 Å². The third kappa shape index (κ3) is 5.21. The molecule has 3 aromatic rings. The molecular weight excluding hydrogens is 531 g/mol. The van der Waals surface area contributed by atoms with Crippen molar-refractivity contribution in [3.63, 3.8) is 0 Å². The summed E-state index contributed by atoms with van der Waals surface area (Å²) in [5, 5.41) is 3.00. The minimum atomic E-state index is -0.735. The topological polar surface area (TPSA) is 102 Å². The lowest BCUT2D eigenvalue weighted by Gasteiger charge is -2.16. The fraction of sp³-hybridized carbons (Fsp3) is 0.0400. The normalized spacial score (nSPS) is 13.2. The van der Waals surface area contributed by atoms with Crippen molar-refractivity contribution in [1.29, 1.82) is 0 Å². The third-order valence-corrected chi connectivity index (χ3v) is 5.80. The van der Waals surface area contributed by atoms with E-state index in [1.165, 1.54) is 73.8 Å². The Bertz CT molecular complexity index is 1400. The number of ether oxygens (including phenoxy) is 2. The molecular formula is C25H15Cl3N2O6. The van der Waals surface area contributed by atoms with E-state index in [1.54, 1.807) is 0 Å². The predicted octanol–water partition coefficient (Wildman–Crippen LogP) is 5.43. The van der Waals surface area contributed by atoms with Crippen LogP contribution in [0.3, 0.4) is 0 Å². The first-order chi connectivity index (χ1) is 17.2. The van der Waals surface area contributed by atoms with Crippen LogP contribution in [0.2, 0.25) is 10.0 Å². The van der Waals surface area contributed by atoms with Crippen LogP contribution in [0.15, 0.2) is 77.5 Å². The fourth-order valence-corrected chi connectivity index (χ4v) is 4.02. The van der Waals surface area contributed by atoms with Gasteiger partial charge in [-0.25, -0.2) is 14.5 Å². The molecule has 0 aliphatic carbocycles. The zero-order valence-electron chi connectivity index (χ0n) is 18.4. The average molecular weight is 546 g/mol. The molecule has 36 heavy (non-hydrogen) atoms. The van der Waals surface area contributed by atoms with E-state index in [-0.39, 0.29) is 37.8 Å². The van der Waals surface area contributed by atoms with Gasteiger partial charge in [-0.2, -0.15) is 0 Å². The predicted molar refractivity (Wildman–Crippen MR) is 135 cm³/mol. The lowest BCUT2D eigenvalue weighted by atomic mass is 10.2. The van der Waals surface area contributed by atoms with Crippen LogP contribution in [0.1, 0.15) is 20.7 Å². The molecule has 0 spiro atoms. The van der Waals surface area contributed by atoms with Gasteiger partial charge >= 0.3 is 11.9 Å². The Balaban J connectivity index is 1.45. The number of carbonyl (C=O) groups is 4. The molecule has 11 heteroatoms. The van der Waals surface area contributed by atoms with Crippen LogP contribution in [0.5, 0.6) is 5.75 Å². The van der Waals surface area contributed by atoms with Crippen LogP contribution in [0.25, 0.3) is 0 Å². The summed E-state index contributed by atoms with van der Waals surface area (Å²) in [4.78, 5) is 50.4. The minimum absolute atomic E-state index is 0.140. The van der Waals surface area contributed by atoms with Gasteiger partial charge in [0.2, 0.25) is 0 Å². The molecule has 182 valence electrons. The average Bonchev–Trinajstić information content (AvgIpc) is 3.06. The molecule has 0 fully saturated rings. The number of esters is 2. The highest BCUT2D eigenvalue weighted by atomic mass is 35.5. The van der Waals surface area contributed by atoms with E-state index in [9.17, 15) is 19.2 Å². The zero-order valence-corrected chi connectivity index (χ0v) is 20.6. The summed E-state index contributed by atoms with van der Waals surface area (Å²) in [7, 11) is 1.27. The number of hydrogen-bond acceptors (Lipinski definition) is 7. The van der Waals surface area contributed by atoms with Crippen LogP contribution in [0.4, 0.5) is 11.4 Å². The molecule has 1 heterocycles. The molecule has 8 nitrogen and oxygen atoms in total.